The van der Waals surface area contributed by atoms with Crippen molar-refractivity contribution in [3.05, 3.63) is 0 Å². The molecule has 1 heterocycles. The summed E-state index contributed by atoms with van der Waals surface area (Å²) in [6.07, 6.45) is 1.55. The van der Waals surface area contributed by atoms with Gasteiger partial charge in [0, 0.05) is 25.6 Å². The first-order valence-electron chi connectivity index (χ1n) is 6.95. The number of likely N-dealkylation sites (N-methyl/N-ethyl adjacent to an activating group) is 1. The Labute approximate surface area is 120 Å². The topological polar surface area (TPSA) is 83.7 Å². The van der Waals surface area contributed by atoms with E-state index in [-0.39, 0.29) is 24.3 Å². The maximum absolute atomic E-state index is 12.3. The van der Waals surface area contributed by atoms with Crippen LogP contribution in [0.2, 0.25) is 0 Å². The molecule has 0 aromatic rings. The van der Waals surface area contributed by atoms with E-state index in [1.807, 2.05) is 20.8 Å². The quantitative estimate of drug-likeness (QED) is 0.804. The van der Waals surface area contributed by atoms with Gasteiger partial charge < -0.3 is 15.5 Å². The van der Waals surface area contributed by atoms with Gasteiger partial charge in [-0.1, -0.05) is 20.8 Å². The SMILES string of the molecule is CN(CC(N)=O)C(=O)[C@@H]1CCCN(C(=O)C(C)(C)C)C1. The Hall–Kier alpha value is -1.59. The minimum Gasteiger partial charge on any atom is -0.368 e. The average molecular weight is 283 g/mol. The van der Waals surface area contributed by atoms with Gasteiger partial charge in [0.05, 0.1) is 12.5 Å². The highest BCUT2D eigenvalue weighted by Crippen LogP contribution is 2.24. The van der Waals surface area contributed by atoms with E-state index in [0.717, 1.165) is 12.8 Å². The zero-order valence-electron chi connectivity index (χ0n) is 12.8. The molecule has 1 atom stereocenters. The summed E-state index contributed by atoms with van der Waals surface area (Å²) in [7, 11) is 1.57. The lowest BCUT2D eigenvalue weighted by Crippen LogP contribution is -2.49. The summed E-state index contributed by atoms with van der Waals surface area (Å²) >= 11 is 0. The van der Waals surface area contributed by atoms with Crippen molar-refractivity contribution in [1.29, 1.82) is 0 Å². The Morgan fingerprint density at radius 3 is 2.40 bits per heavy atom. The summed E-state index contributed by atoms with van der Waals surface area (Å²) in [5.41, 5.74) is 4.66. The molecule has 20 heavy (non-hydrogen) atoms. The predicted octanol–water partition coefficient (Wildman–Crippen LogP) is 0.215. The van der Waals surface area contributed by atoms with Crippen molar-refractivity contribution in [2.24, 2.45) is 17.1 Å². The van der Waals surface area contributed by atoms with E-state index >= 15 is 0 Å². The van der Waals surface area contributed by atoms with Gasteiger partial charge in [0.2, 0.25) is 17.7 Å². The summed E-state index contributed by atoms with van der Waals surface area (Å²) in [4.78, 5) is 38.5. The van der Waals surface area contributed by atoms with Crippen molar-refractivity contribution in [3.63, 3.8) is 0 Å². The molecule has 0 radical (unpaired) electrons. The van der Waals surface area contributed by atoms with E-state index in [4.69, 9.17) is 5.73 Å². The number of piperidine rings is 1. The average Bonchev–Trinajstić information content (AvgIpc) is 2.35. The summed E-state index contributed by atoms with van der Waals surface area (Å²) < 4.78 is 0. The predicted molar refractivity (Wildman–Crippen MR) is 75.6 cm³/mol. The summed E-state index contributed by atoms with van der Waals surface area (Å²) in [5.74, 6) is -0.818. The molecule has 0 unspecified atom stereocenters. The van der Waals surface area contributed by atoms with Crippen LogP contribution in [0.3, 0.4) is 0 Å². The molecule has 1 fully saturated rings. The molecular formula is C14H25N3O3. The van der Waals surface area contributed by atoms with Gasteiger partial charge in [0.15, 0.2) is 0 Å². The Morgan fingerprint density at radius 1 is 1.30 bits per heavy atom. The van der Waals surface area contributed by atoms with Crippen molar-refractivity contribution in [1.82, 2.24) is 9.80 Å². The normalized spacial score (nSPS) is 19.6. The first-order valence-corrected chi connectivity index (χ1v) is 6.95. The van der Waals surface area contributed by atoms with Crippen molar-refractivity contribution >= 4 is 17.7 Å². The monoisotopic (exact) mass is 283 g/mol. The molecule has 1 rings (SSSR count). The molecule has 1 aliphatic rings. The van der Waals surface area contributed by atoms with Crippen molar-refractivity contribution in [2.75, 3.05) is 26.7 Å². The lowest BCUT2D eigenvalue weighted by molar-refractivity contribution is -0.145. The number of rotatable bonds is 3. The minimum atomic E-state index is -0.528. The van der Waals surface area contributed by atoms with Gasteiger partial charge in [-0.25, -0.2) is 0 Å². The summed E-state index contributed by atoms with van der Waals surface area (Å²) in [5, 5.41) is 0. The third-order valence-corrected chi connectivity index (χ3v) is 3.47. The van der Waals surface area contributed by atoms with Crippen LogP contribution in [0.15, 0.2) is 0 Å². The Kier molecular flexibility index (Phi) is 5.14. The van der Waals surface area contributed by atoms with Crippen LogP contribution in [-0.2, 0) is 14.4 Å². The van der Waals surface area contributed by atoms with Crippen LogP contribution in [0, 0.1) is 11.3 Å². The van der Waals surface area contributed by atoms with Gasteiger partial charge in [-0.2, -0.15) is 0 Å². The van der Waals surface area contributed by atoms with Crippen LogP contribution in [-0.4, -0.2) is 54.2 Å². The second kappa shape index (κ2) is 6.24. The fourth-order valence-corrected chi connectivity index (χ4v) is 2.46. The fourth-order valence-electron chi connectivity index (χ4n) is 2.46. The van der Waals surface area contributed by atoms with Gasteiger partial charge in [-0.05, 0) is 12.8 Å². The van der Waals surface area contributed by atoms with Crippen LogP contribution in [0.5, 0.6) is 0 Å². The molecule has 0 aliphatic carbocycles. The van der Waals surface area contributed by atoms with E-state index in [9.17, 15) is 14.4 Å². The molecule has 0 saturated carbocycles. The molecule has 0 bridgehead atoms. The van der Waals surface area contributed by atoms with Crippen LogP contribution in [0.1, 0.15) is 33.6 Å². The number of likely N-dealkylation sites (tertiary alicyclic amines) is 1. The lowest BCUT2D eigenvalue weighted by atomic mass is 9.90. The smallest absolute Gasteiger partial charge is 0.237 e. The molecule has 0 aromatic carbocycles. The molecule has 1 saturated heterocycles. The molecule has 6 heteroatoms. The van der Waals surface area contributed by atoms with Gasteiger partial charge >= 0.3 is 0 Å². The maximum atomic E-state index is 12.3. The molecule has 3 amide bonds. The second-order valence-corrected chi connectivity index (χ2v) is 6.50. The van der Waals surface area contributed by atoms with Crippen LogP contribution < -0.4 is 5.73 Å². The Bertz CT molecular complexity index is 401. The molecule has 114 valence electrons. The van der Waals surface area contributed by atoms with Gasteiger partial charge in [0.25, 0.3) is 0 Å². The van der Waals surface area contributed by atoms with Gasteiger partial charge in [-0.15, -0.1) is 0 Å². The third kappa shape index (κ3) is 4.21. The van der Waals surface area contributed by atoms with Crippen LogP contribution in [0.25, 0.3) is 0 Å². The second-order valence-electron chi connectivity index (χ2n) is 6.50. The zero-order valence-corrected chi connectivity index (χ0v) is 12.8. The molecule has 6 nitrogen and oxygen atoms in total. The maximum Gasteiger partial charge on any atom is 0.237 e. The molecular weight excluding hydrogens is 258 g/mol. The fraction of sp³-hybridized carbons (Fsp3) is 0.786. The number of amides is 3. The number of nitrogens with zero attached hydrogens (tertiary/aromatic N) is 2. The number of nitrogens with two attached hydrogens (primary N) is 1. The number of carbonyl (C=O) groups is 3. The zero-order chi connectivity index (χ0) is 15.5. The number of primary amides is 1. The highest BCUT2D eigenvalue weighted by atomic mass is 16.2. The Morgan fingerprint density at radius 2 is 1.90 bits per heavy atom. The van der Waals surface area contributed by atoms with E-state index in [2.05, 4.69) is 0 Å². The molecule has 0 spiro atoms. The highest BCUT2D eigenvalue weighted by Gasteiger charge is 2.34. The molecule has 2 N–H and O–H groups in total. The van der Waals surface area contributed by atoms with Crippen LogP contribution >= 0.6 is 0 Å². The highest BCUT2D eigenvalue weighted by molar-refractivity contribution is 5.86. The first kappa shape index (κ1) is 16.5. The van der Waals surface area contributed by atoms with E-state index < -0.39 is 11.3 Å². The van der Waals surface area contributed by atoms with Crippen molar-refractivity contribution < 1.29 is 14.4 Å². The summed E-state index contributed by atoms with van der Waals surface area (Å²) in [6, 6.07) is 0. The number of carbonyl (C=O) groups excluding carboxylic acids is 3. The largest absolute Gasteiger partial charge is 0.368 e. The van der Waals surface area contributed by atoms with Crippen LogP contribution in [0.4, 0.5) is 0 Å². The number of hydrogen-bond acceptors (Lipinski definition) is 3. The molecule has 0 aromatic heterocycles. The lowest BCUT2D eigenvalue weighted by Gasteiger charge is -2.36. The van der Waals surface area contributed by atoms with E-state index in [0.29, 0.717) is 13.1 Å². The van der Waals surface area contributed by atoms with Gasteiger partial charge in [0.1, 0.15) is 0 Å². The van der Waals surface area contributed by atoms with Gasteiger partial charge in [-0.3, -0.25) is 14.4 Å². The van der Waals surface area contributed by atoms with Crippen molar-refractivity contribution in [3.8, 4) is 0 Å². The van der Waals surface area contributed by atoms with Crippen molar-refractivity contribution in [2.45, 2.75) is 33.6 Å². The standard InChI is InChI=1S/C14H25N3O3/c1-14(2,3)13(20)17-7-5-6-10(8-17)12(19)16(4)9-11(15)18/h10H,5-9H2,1-4H3,(H2,15,18)/t10-/m1/s1. The summed E-state index contributed by atoms with van der Waals surface area (Å²) in [6.45, 7) is 6.67. The third-order valence-electron chi connectivity index (χ3n) is 3.47. The molecule has 1 aliphatic heterocycles. The Balaban J connectivity index is 2.67. The van der Waals surface area contributed by atoms with E-state index in [1.54, 1.807) is 11.9 Å². The first-order chi connectivity index (χ1) is 9.12. The van der Waals surface area contributed by atoms with E-state index in [1.165, 1.54) is 4.90 Å². The minimum absolute atomic E-state index is 0.0626. The number of hydrogen-bond donors (Lipinski definition) is 1.